The fraction of sp³-hybridized carbons (Fsp3) is 0.500. The third-order valence-electron chi connectivity index (χ3n) is 3.45. The normalized spacial score (nSPS) is 16.8. The van der Waals surface area contributed by atoms with Gasteiger partial charge in [0.1, 0.15) is 0 Å². The van der Waals surface area contributed by atoms with Gasteiger partial charge >= 0.3 is 5.97 Å². The minimum absolute atomic E-state index is 0.227. The molecule has 1 aromatic carbocycles. The Hall–Kier alpha value is -0.620. The number of hydrogen-bond acceptors (Lipinski definition) is 2. The summed E-state index contributed by atoms with van der Waals surface area (Å²) in [6, 6.07) is 9.38. The van der Waals surface area contributed by atoms with Crippen LogP contribution in [-0.2, 0) is 4.79 Å². The van der Waals surface area contributed by atoms with Gasteiger partial charge in [-0.15, -0.1) is 0 Å². The number of carboxylic acid groups (broad SMARTS) is 1. The third-order valence-corrected chi connectivity index (χ3v) is 4.17. The van der Waals surface area contributed by atoms with E-state index in [1.807, 2.05) is 0 Å². The molecule has 1 aliphatic carbocycles. The summed E-state index contributed by atoms with van der Waals surface area (Å²) in [5.41, 5.74) is 1.27. The Kier molecular flexibility index (Phi) is 4.61. The molecule has 0 saturated heterocycles. The van der Waals surface area contributed by atoms with Crippen LogP contribution in [0.2, 0.25) is 0 Å². The Morgan fingerprint density at radius 2 is 2.06 bits per heavy atom. The lowest BCUT2D eigenvalue weighted by Crippen LogP contribution is -2.31. The summed E-state index contributed by atoms with van der Waals surface area (Å²) in [6.07, 6.45) is 2.63. The Labute approximate surface area is 121 Å². The van der Waals surface area contributed by atoms with Gasteiger partial charge in [-0.2, -0.15) is 0 Å². The average molecular weight is 359 g/mol. The predicted molar refractivity (Wildman–Crippen MR) is 79.6 cm³/mol. The number of benzene rings is 1. The molecule has 1 fully saturated rings. The van der Waals surface area contributed by atoms with E-state index < -0.39 is 5.97 Å². The number of halogens is 1. The SMILES string of the molecule is CC(c1ccc(I)cc1)N(CCC(=O)O)C1CC1. The van der Waals surface area contributed by atoms with Gasteiger partial charge < -0.3 is 5.11 Å². The zero-order valence-electron chi connectivity index (χ0n) is 10.5. The van der Waals surface area contributed by atoms with E-state index in [9.17, 15) is 4.79 Å². The number of rotatable bonds is 6. The summed E-state index contributed by atoms with van der Waals surface area (Å²) < 4.78 is 1.23. The van der Waals surface area contributed by atoms with Crippen LogP contribution in [0, 0.1) is 3.57 Å². The highest BCUT2D eigenvalue weighted by Crippen LogP contribution is 2.34. The van der Waals surface area contributed by atoms with Gasteiger partial charge in [0.2, 0.25) is 0 Å². The molecule has 0 radical (unpaired) electrons. The first-order valence-corrected chi connectivity index (χ1v) is 7.39. The van der Waals surface area contributed by atoms with Crippen LogP contribution in [0.3, 0.4) is 0 Å². The molecule has 1 aliphatic rings. The van der Waals surface area contributed by atoms with Crippen molar-refractivity contribution in [2.75, 3.05) is 6.54 Å². The topological polar surface area (TPSA) is 40.5 Å². The molecule has 1 aromatic rings. The fourth-order valence-corrected chi connectivity index (χ4v) is 2.62. The summed E-state index contributed by atoms with van der Waals surface area (Å²) in [5, 5.41) is 8.83. The molecule has 1 saturated carbocycles. The van der Waals surface area contributed by atoms with Crippen molar-refractivity contribution in [1.82, 2.24) is 4.90 Å². The lowest BCUT2D eigenvalue weighted by Gasteiger charge is -2.29. The van der Waals surface area contributed by atoms with Gasteiger partial charge in [0.25, 0.3) is 0 Å². The smallest absolute Gasteiger partial charge is 0.304 e. The number of hydrogen-bond donors (Lipinski definition) is 1. The van der Waals surface area contributed by atoms with Gasteiger partial charge in [0.05, 0.1) is 6.42 Å². The molecule has 4 heteroatoms. The molecule has 0 amide bonds. The van der Waals surface area contributed by atoms with E-state index in [1.54, 1.807) is 0 Å². The van der Waals surface area contributed by atoms with Crippen molar-refractivity contribution in [3.8, 4) is 0 Å². The molecule has 0 bridgehead atoms. The molecular weight excluding hydrogens is 341 g/mol. The molecule has 0 spiro atoms. The lowest BCUT2D eigenvalue weighted by atomic mass is 10.1. The first kappa shape index (κ1) is 13.8. The van der Waals surface area contributed by atoms with Gasteiger partial charge in [0.15, 0.2) is 0 Å². The summed E-state index contributed by atoms with van der Waals surface area (Å²) in [4.78, 5) is 13.1. The molecule has 1 N–H and O–H groups in total. The van der Waals surface area contributed by atoms with Crippen molar-refractivity contribution in [3.63, 3.8) is 0 Å². The molecule has 1 unspecified atom stereocenters. The highest BCUT2D eigenvalue weighted by atomic mass is 127. The van der Waals surface area contributed by atoms with E-state index in [1.165, 1.54) is 22.0 Å². The Morgan fingerprint density at radius 3 is 2.56 bits per heavy atom. The van der Waals surface area contributed by atoms with Crippen LogP contribution >= 0.6 is 22.6 Å². The molecule has 98 valence electrons. The fourth-order valence-electron chi connectivity index (χ4n) is 2.26. The highest BCUT2D eigenvalue weighted by Gasteiger charge is 2.32. The van der Waals surface area contributed by atoms with Crippen LogP contribution in [0.4, 0.5) is 0 Å². The molecule has 2 rings (SSSR count). The third kappa shape index (κ3) is 3.68. The first-order valence-electron chi connectivity index (χ1n) is 6.31. The zero-order chi connectivity index (χ0) is 13.1. The Balaban J connectivity index is 2.05. The van der Waals surface area contributed by atoms with Crippen molar-refractivity contribution in [1.29, 1.82) is 0 Å². The molecule has 1 atom stereocenters. The highest BCUT2D eigenvalue weighted by molar-refractivity contribution is 14.1. The van der Waals surface area contributed by atoms with E-state index in [0.717, 1.165) is 0 Å². The summed E-state index contributed by atoms with van der Waals surface area (Å²) in [7, 11) is 0. The van der Waals surface area contributed by atoms with E-state index in [2.05, 4.69) is 58.7 Å². The summed E-state index contributed by atoms with van der Waals surface area (Å²) >= 11 is 2.30. The predicted octanol–water partition coefficient (Wildman–Crippen LogP) is 3.29. The molecule has 0 heterocycles. The minimum atomic E-state index is -0.713. The van der Waals surface area contributed by atoms with Crippen molar-refractivity contribution in [3.05, 3.63) is 33.4 Å². The van der Waals surface area contributed by atoms with E-state index >= 15 is 0 Å². The van der Waals surface area contributed by atoms with Gasteiger partial charge in [0, 0.05) is 22.2 Å². The summed E-state index contributed by atoms with van der Waals surface area (Å²) in [5.74, 6) is -0.713. The van der Waals surface area contributed by atoms with E-state index in [0.29, 0.717) is 18.6 Å². The number of aliphatic carboxylic acids is 1. The second-order valence-electron chi connectivity index (χ2n) is 4.84. The molecule has 3 nitrogen and oxygen atoms in total. The van der Waals surface area contributed by atoms with Gasteiger partial charge in [-0.1, -0.05) is 12.1 Å². The molecular formula is C14H18INO2. The van der Waals surface area contributed by atoms with Crippen molar-refractivity contribution >= 4 is 28.6 Å². The molecule has 18 heavy (non-hydrogen) atoms. The summed E-state index contributed by atoms with van der Waals surface area (Å²) in [6.45, 7) is 2.82. The van der Waals surface area contributed by atoms with Crippen molar-refractivity contribution in [2.24, 2.45) is 0 Å². The second-order valence-corrected chi connectivity index (χ2v) is 6.09. The van der Waals surface area contributed by atoms with Crippen LogP contribution in [0.1, 0.15) is 37.8 Å². The Bertz CT molecular complexity index is 414. The van der Waals surface area contributed by atoms with E-state index in [4.69, 9.17) is 5.11 Å². The van der Waals surface area contributed by atoms with Gasteiger partial charge in [-0.25, -0.2) is 0 Å². The maximum Gasteiger partial charge on any atom is 0.304 e. The van der Waals surface area contributed by atoms with Crippen LogP contribution in [0.15, 0.2) is 24.3 Å². The largest absolute Gasteiger partial charge is 0.481 e. The first-order chi connectivity index (χ1) is 8.58. The van der Waals surface area contributed by atoms with Crippen molar-refractivity contribution < 1.29 is 9.90 Å². The number of nitrogens with zero attached hydrogens (tertiary/aromatic N) is 1. The Morgan fingerprint density at radius 1 is 1.44 bits per heavy atom. The van der Waals surface area contributed by atoms with E-state index in [-0.39, 0.29) is 6.42 Å². The zero-order valence-corrected chi connectivity index (χ0v) is 12.6. The number of carboxylic acids is 1. The second kappa shape index (κ2) is 6.02. The number of carbonyl (C=O) groups is 1. The monoisotopic (exact) mass is 359 g/mol. The lowest BCUT2D eigenvalue weighted by molar-refractivity contribution is -0.137. The van der Waals surface area contributed by atoms with Crippen LogP contribution in [0.5, 0.6) is 0 Å². The van der Waals surface area contributed by atoms with Crippen LogP contribution in [0.25, 0.3) is 0 Å². The van der Waals surface area contributed by atoms with Gasteiger partial charge in [-0.05, 0) is 60.1 Å². The van der Waals surface area contributed by atoms with Gasteiger partial charge in [-0.3, -0.25) is 9.69 Å². The minimum Gasteiger partial charge on any atom is -0.481 e. The average Bonchev–Trinajstić information content (AvgIpc) is 3.14. The quantitative estimate of drug-likeness (QED) is 0.793. The molecule has 0 aliphatic heterocycles. The maximum atomic E-state index is 10.7. The maximum absolute atomic E-state index is 10.7. The van der Waals surface area contributed by atoms with Crippen LogP contribution in [-0.4, -0.2) is 28.6 Å². The standard InChI is InChI=1S/C14H18INO2/c1-10(11-2-4-12(15)5-3-11)16(13-6-7-13)9-8-14(17)18/h2-5,10,13H,6-9H2,1H3,(H,17,18). The van der Waals surface area contributed by atoms with Crippen LogP contribution < -0.4 is 0 Å². The van der Waals surface area contributed by atoms with Crippen molar-refractivity contribution in [2.45, 2.75) is 38.3 Å². The molecule has 0 aromatic heterocycles.